The van der Waals surface area contributed by atoms with E-state index in [-0.39, 0.29) is 30.2 Å². The van der Waals surface area contributed by atoms with E-state index in [9.17, 15) is 4.79 Å². The summed E-state index contributed by atoms with van der Waals surface area (Å²) in [5, 5.41) is 3.39. The Bertz CT molecular complexity index is 561. The Morgan fingerprint density at radius 3 is 2.65 bits per heavy atom. The second kappa shape index (κ2) is 10.8. The molecule has 0 bridgehead atoms. The molecular weight excluding hydrogens is 389 g/mol. The van der Waals surface area contributed by atoms with E-state index in [4.69, 9.17) is 10.7 Å². The molecule has 1 aliphatic carbocycles. The van der Waals surface area contributed by atoms with E-state index in [0.717, 1.165) is 45.2 Å². The van der Waals surface area contributed by atoms with Gasteiger partial charge in [0.15, 0.2) is 0 Å². The quantitative estimate of drug-likeness (QED) is 0.757. The van der Waals surface area contributed by atoms with Crippen molar-refractivity contribution in [3.05, 3.63) is 16.1 Å². The molecule has 2 heterocycles. The summed E-state index contributed by atoms with van der Waals surface area (Å²) in [7, 11) is 0. The summed E-state index contributed by atoms with van der Waals surface area (Å²) in [4.78, 5) is 19.8. The van der Waals surface area contributed by atoms with Crippen LogP contribution in [0.4, 0.5) is 0 Å². The third-order valence-electron chi connectivity index (χ3n) is 5.93. The van der Waals surface area contributed by atoms with E-state index < -0.39 is 0 Å². The summed E-state index contributed by atoms with van der Waals surface area (Å²) < 4.78 is 0. The van der Waals surface area contributed by atoms with Crippen LogP contribution in [0.15, 0.2) is 5.38 Å². The first-order chi connectivity index (χ1) is 11.7. The maximum Gasteiger partial charge on any atom is 0.223 e. The molecule has 26 heavy (non-hydrogen) atoms. The molecule has 1 amide bonds. The highest BCUT2D eigenvalue weighted by atomic mass is 35.5. The molecule has 0 spiro atoms. The Labute approximate surface area is 174 Å². The van der Waals surface area contributed by atoms with Crippen LogP contribution in [-0.2, 0) is 11.2 Å². The van der Waals surface area contributed by atoms with E-state index in [2.05, 4.69) is 17.2 Å². The van der Waals surface area contributed by atoms with E-state index in [0.29, 0.717) is 24.8 Å². The highest BCUT2D eigenvalue weighted by Gasteiger charge is 2.36. The van der Waals surface area contributed by atoms with Crippen LogP contribution in [-0.4, -0.2) is 35.4 Å². The summed E-state index contributed by atoms with van der Waals surface area (Å²) in [5.41, 5.74) is 7.32. The number of carbonyl (C=O) groups is 1. The van der Waals surface area contributed by atoms with E-state index in [1.807, 2.05) is 0 Å². The number of carbonyl (C=O) groups excluding carboxylic acids is 1. The number of hydrogen-bond donors (Lipinski definition) is 1. The summed E-state index contributed by atoms with van der Waals surface area (Å²) in [6.07, 6.45) is 9.88. The van der Waals surface area contributed by atoms with Crippen molar-refractivity contribution in [1.82, 2.24) is 9.88 Å². The fourth-order valence-corrected chi connectivity index (χ4v) is 5.30. The van der Waals surface area contributed by atoms with E-state index >= 15 is 0 Å². The minimum absolute atomic E-state index is 0. The van der Waals surface area contributed by atoms with Crippen molar-refractivity contribution in [2.45, 2.75) is 70.6 Å². The molecule has 3 rings (SSSR count). The van der Waals surface area contributed by atoms with Gasteiger partial charge >= 0.3 is 0 Å². The van der Waals surface area contributed by atoms with Gasteiger partial charge in [-0.2, -0.15) is 0 Å². The molecule has 2 aliphatic rings. The lowest BCUT2D eigenvalue weighted by Gasteiger charge is -2.39. The van der Waals surface area contributed by atoms with Crippen LogP contribution in [0.25, 0.3) is 0 Å². The van der Waals surface area contributed by atoms with Crippen molar-refractivity contribution in [3.8, 4) is 0 Å². The minimum atomic E-state index is 0. The van der Waals surface area contributed by atoms with Crippen LogP contribution in [0.2, 0.25) is 0 Å². The summed E-state index contributed by atoms with van der Waals surface area (Å²) in [5.74, 6) is 0.743. The van der Waals surface area contributed by atoms with Gasteiger partial charge in [-0.3, -0.25) is 4.79 Å². The number of hydrogen-bond acceptors (Lipinski definition) is 4. The van der Waals surface area contributed by atoms with Crippen molar-refractivity contribution in [2.24, 2.45) is 11.1 Å². The number of halogens is 2. The second-order valence-electron chi connectivity index (χ2n) is 7.65. The molecule has 0 aromatic carbocycles. The maximum atomic E-state index is 12.9. The molecule has 7 heteroatoms. The third-order valence-corrected chi connectivity index (χ3v) is 6.98. The summed E-state index contributed by atoms with van der Waals surface area (Å²) in [6.45, 7) is 4.55. The van der Waals surface area contributed by atoms with Crippen molar-refractivity contribution in [3.63, 3.8) is 0 Å². The third kappa shape index (κ3) is 5.57. The summed E-state index contributed by atoms with van der Waals surface area (Å²) in [6, 6.07) is 0. The molecule has 1 saturated heterocycles. The van der Waals surface area contributed by atoms with Crippen LogP contribution in [0, 0.1) is 5.41 Å². The molecule has 0 radical (unpaired) electrons. The topological polar surface area (TPSA) is 59.2 Å². The zero-order chi connectivity index (χ0) is 17.0. The van der Waals surface area contributed by atoms with Crippen LogP contribution in [0.5, 0.6) is 0 Å². The van der Waals surface area contributed by atoms with Gasteiger partial charge in [0.25, 0.3) is 0 Å². The zero-order valence-electron chi connectivity index (χ0n) is 15.7. The average molecular weight is 422 g/mol. The molecule has 1 aliphatic heterocycles. The predicted octanol–water partition coefficient (Wildman–Crippen LogP) is 4.55. The molecule has 1 aromatic rings. The number of nitrogens with zero attached hydrogens (tertiary/aromatic N) is 2. The zero-order valence-corrected chi connectivity index (χ0v) is 18.2. The fourth-order valence-electron chi connectivity index (χ4n) is 4.27. The monoisotopic (exact) mass is 421 g/mol. The maximum absolute atomic E-state index is 12.9. The molecule has 2 fully saturated rings. The highest BCUT2D eigenvalue weighted by Crippen LogP contribution is 2.39. The minimum Gasteiger partial charge on any atom is -0.342 e. The van der Waals surface area contributed by atoms with Gasteiger partial charge in [0.05, 0.1) is 10.7 Å². The Morgan fingerprint density at radius 1 is 1.31 bits per heavy atom. The molecule has 1 unspecified atom stereocenters. The molecule has 1 saturated carbocycles. The number of aryl methyl sites for hydroxylation is 1. The molecule has 4 nitrogen and oxygen atoms in total. The second-order valence-corrected chi connectivity index (χ2v) is 8.54. The van der Waals surface area contributed by atoms with Gasteiger partial charge in [-0.05, 0) is 44.1 Å². The number of rotatable bonds is 5. The Hall–Kier alpha value is -0.360. The van der Waals surface area contributed by atoms with Crippen LogP contribution in [0.3, 0.4) is 0 Å². The first-order valence-corrected chi connectivity index (χ1v) is 10.5. The Kier molecular flexibility index (Phi) is 9.87. The molecule has 2 N–H and O–H groups in total. The van der Waals surface area contributed by atoms with E-state index in [1.54, 1.807) is 11.3 Å². The lowest BCUT2D eigenvalue weighted by molar-refractivity contribution is -0.135. The smallest absolute Gasteiger partial charge is 0.223 e. The van der Waals surface area contributed by atoms with Gasteiger partial charge in [0, 0.05) is 30.8 Å². The van der Waals surface area contributed by atoms with Gasteiger partial charge < -0.3 is 10.6 Å². The lowest BCUT2D eigenvalue weighted by Crippen LogP contribution is -2.44. The average Bonchev–Trinajstić information content (AvgIpc) is 3.12. The fraction of sp³-hybridized carbons (Fsp3) is 0.789. The number of amides is 1. The summed E-state index contributed by atoms with van der Waals surface area (Å²) >= 11 is 1.76. The standard InChI is InChI=1S/C19H31N3OS.2ClH/c1-2-16-13-24-18(21-16)15-7-6-10-22(12-15)17(23)11-19(14-20)8-4-3-5-9-19;;/h13,15H,2-12,14,20H2,1H3;2*1H. The van der Waals surface area contributed by atoms with Crippen molar-refractivity contribution in [2.75, 3.05) is 19.6 Å². The van der Waals surface area contributed by atoms with Crippen LogP contribution in [0.1, 0.15) is 74.9 Å². The van der Waals surface area contributed by atoms with Gasteiger partial charge in [0.1, 0.15) is 0 Å². The SMILES string of the molecule is CCc1csc(C2CCCN(C(=O)CC3(CN)CCCCC3)C2)n1.Cl.Cl. The van der Waals surface area contributed by atoms with Crippen molar-refractivity contribution in [1.29, 1.82) is 0 Å². The normalized spacial score (nSPS) is 22.2. The first kappa shape index (κ1) is 23.7. The van der Waals surface area contributed by atoms with Gasteiger partial charge in [0.2, 0.25) is 5.91 Å². The molecule has 1 aromatic heterocycles. The van der Waals surface area contributed by atoms with Gasteiger partial charge in [-0.15, -0.1) is 36.2 Å². The largest absolute Gasteiger partial charge is 0.342 e. The predicted molar refractivity (Wildman–Crippen MR) is 114 cm³/mol. The molecule has 150 valence electrons. The van der Waals surface area contributed by atoms with Crippen LogP contribution >= 0.6 is 36.2 Å². The van der Waals surface area contributed by atoms with Gasteiger partial charge in [-0.25, -0.2) is 4.98 Å². The first-order valence-electron chi connectivity index (χ1n) is 9.58. The number of nitrogens with two attached hydrogens (primary N) is 1. The Balaban J connectivity index is 0.00000169. The number of likely N-dealkylation sites (tertiary alicyclic amines) is 1. The van der Waals surface area contributed by atoms with Crippen molar-refractivity contribution >= 4 is 42.1 Å². The number of thiazole rings is 1. The molecule has 1 atom stereocenters. The lowest BCUT2D eigenvalue weighted by atomic mass is 9.71. The van der Waals surface area contributed by atoms with Crippen molar-refractivity contribution < 1.29 is 4.79 Å². The van der Waals surface area contributed by atoms with Crippen LogP contribution < -0.4 is 5.73 Å². The Morgan fingerprint density at radius 2 is 2.04 bits per heavy atom. The number of aromatic nitrogens is 1. The highest BCUT2D eigenvalue weighted by molar-refractivity contribution is 7.09. The number of piperidine rings is 1. The van der Waals surface area contributed by atoms with Gasteiger partial charge in [-0.1, -0.05) is 26.2 Å². The van der Waals surface area contributed by atoms with E-state index in [1.165, 1.54) is 30.0 Å². The molecular formula is C19H33Cl2N3OS.